The lowest BCUT2D eigenvalue weighted by Gasteiger charge is -2.19. The molecule has 1 aromatic heterocycles. The number of ether oxygens (including phenoxy) is 1. The van der Waals surface area contributed by atoms with Crippen molar-refractivity contribution in [1.82, 2.24) is 9.97 Å². The highest BCUT2D eigenvalue weighted by Gasteiger charge is 2.26. The van der Waals surface area contributed by atoms with Crippen molar-refractivity contribution < 1.29 is 13.2 Å². The first-order valence-electron chi connectivity index (χ1n) is 6.56. The van der Waals surface area contributed by atoms with E-state index in [1.807, 2.05) is 4.90 Å². The van der Waals surface area contributed by atoms with Crippen LogP contribution in [0.5, 0.6) is 5.75 Å². The highest BCUT2D eigenvalue weighted by Crippen LogP contribution is 2.39. The zero-order valence-electron chi connectivity index (χ0n) is 12.1. The van der Waals surface area contributed by atoms with Gasteiger partial charge in [-0.15, -0.1) is 0 Å². The van der Waals surface area contributed by atoms with Gasteiger partial charge in [-0.3, -0.25) is 0 Å². The van der Waals surface area contributed by atoms with Crippen LogP contribution >= 0.6 is 11.6 Å². The molecule has 6 nitrogen and oxygen atoms in total. The monoisotopic (exact) mass is 339 g/mol. The highest BCUT2D eigenvalue weighted by molar-refractivity contribution is 7.90. The Morgan fingerprint density at radius 2 is 2.05 bits per heavy atom. The van der Waals surface area contributed by atoms with Crippen LogP contribution < -0.4 is 9.64 Å². The van der Waals surface area contributed by atoms with Crippen molar-refractivity contribution in [3.63, 3.8) is 0 Å². The molecule has 0 aliphatic carbocycles. The molecular formula is C14H14ClN3O3S. The molecule has 0 radical (unpaired) electrons. The Bertz CT molecular complexity index is 839. The molecule has 0 saturated heterocycles. The maximum atomic E-state index is 11.9. The quantitative estimate of drug-likeness (QED) is 0.798. The number of halogens is 1. The van der Waals surface area contributed by atoms with Crippen LogP contribution in [0.4, 0.5) is 11.5 Å². The third-order valence-electron chi connectivity index (χ3n) is 3.56. The minimum atomic E-state index is -3.35. The summed E-state index contributed by atoms with van der Waals surface area (Å²) >= 11 is 5.91. The lowest BCUT2D eigenvalue weighted by molar-refractivity contribution is 0.403. The predicted octanol–water partition coefficient (Wildman–Crippen LogP) is 2.24. The van der Waals surface area contributed by atoms with E-state index in [-0.39, 0.29) is 4.90 Å². The van der Waals surface area contributed by atoms with E-state index in [1.54, 1.807) is 18.2 Å². The van der Waals surface area contributed by atoms with Crippen LogP contribution in [0.3, 0.4) is 0 Å². The van der Waals surface area contributed by atoms with Crippen LogP contribution in [0.1, 0.15) is 5.56 Å². The first-order valence-corrected chi connectivity index (χ1v) is 8.83. The van der Waals surface area contributed by atoms with Crippen molar-refractivity contribution in [2.75, 3.05) is 24.8 Å². The molecule has 0 atom stereocenters. The summed E-state index contributed by atoms with van der Waals surface area (Å²) in [6.07, 6.45) is 3.30. The predicted molar refractivity (Wildman–Crippen MR) is 83.9 cm³/mol. The molecule has 3 rings (SSSR count). The fourth-order valence-electron chi connectivity index (χ4n) is 2.55. The molecule has 1 aliphatic heterocycles. The van der Waals surface area contributed by atoms with Crippen molar-refractivity contribution in [3.05, 3.63) is 35.2 Å². The fraction of sp³-hybridized carbons (Fsp3) is 0.286. The average molecular weight is 340 g/mol. The molecule has 2 heterocycles. The number of benzene rings is 1. The van der Waals surface area contributed by atoms with Crippen molar-refractivity contribution in [3.8, 4) is 5.75 Å². The molecular weight excluding hydrogens is 326 g/mol. The van der Waals surface area contributed by atoms with Crippen LogP contribution in [0, 0.1) is 0 Å². The van der Waals surface area contributed by atoms with Crippen LogP contribution in [-0.2, 0) is 16.3 Å². The van der Waals surface area contributed by atoms with E-state index in [9.17, 15) is 8.42 Å². The summed E-state index contributed by atoms with van der Waals surface area (Å²) < 4.78 is 29.0. The average Bonchev–Trinajstić information content (AvgIpc) is 2.87. The van der Waals surface area contributed by atoms with E-state index < -0.39 is 9.84 Å². The number of sulfone groups is 1. The van der Waals surface area contributed by atoms with Gasteiger partial charge in [0, 0.05) is 30.6 Å². The molecule has 0 fully saturated rings. The lowest BCUT2D eigenvalue weighted by atomic mass is 10.1. The van der Waals surface area contributed by atoms with Crippen LogP contribution in [-0.4, -0.2) is 38.3 Å². The van der Waals surface area contributed by atoms with Gasteiger partial charge in [-0.1, -0.05) is 11.6 Å². The first-order chi connectivity index (χ1) is 10.4. The van der Waals surface area contributed by atoms with Gasteiger partial charge in [-0.25, -0.2) is 18.4 Å². The smallest absolute Gasteiger partial charge is 0.179 e. The number of methoxy groups -OCH3 is 1. The number of nitrogens with zero attached hydrogens (tertiary/aromatic N) is 3. The Balaban J connectivity index is 2.12. The van der Waals surface area contributed by atoms with E-state index in [0.29, 0.717) is 23.3 Å². The Hall–Kier alpha value is -1.86. The molecule has 1 aliphatic rings. The topological polar surface area (TPSA) is 72.4 Å². The summed E-state index contributed by atoms with van der Waals surface area (Å²) in [4.78, 5) is 10.3. The second-order valence-corrected chi connectivity index (χ2v) is 7.38. The van der Waals surface area contributed by atoms with Crippen LogP contribution in [0.15, 0.2) is 29.4 Å². The second-order valence-electron chi connectivity index (χ2n) is 5.00. The molecule has 0 unspecified atom stereocenters. The molecule has 0 spiro atoms. The van der Waals surface area contributed by atoms with Crippen LogP contribution in [0.25, 0.3) is 0 Å². The van der Waals surface area contributed by atoms with E-state index in [1.165, 1.54) is 19.7 Å². The van der Waals surface area contributed by atoms with Gasteiger partial charge in [-0.2, -0.15) is 0 Å². The first kappa shape index (κ1) is 15.1. The zero-order chi connectivity index (χ0) is 15.9. The van der Waals surface area contributed by atoms with E-state index in [2.05, 4.69) is 9.97 Å². The Morgan fingerprint density at radius 3 is 2.68 bits per heavy atom. The minimum absolute atomic E-state index is 0.205. The Labute approximate surface area is 133 Å². The second kappa shape index (κ2) is 5.40. The summed E-state index contributed by atoms with van der Waals surface area (Å²) in [5.74, 6) is 1.00. The molecule has 116 valence electrons. The van der Waals surface area contributed by atoms with Crippen molar-refractivity contribution in [1.29, 1.82) is 0 Å². The summed E-state index contributed by atoms with van der Waals surface area (Å²) in [6, 6.07) is 5.08. The number of aromatic nitrogens is 2. The number of hydrogen-bond donors (Lipinski definition) is 0. The molecule has 0 N–H and O–H groups in total. The summed E-state index contributed by atoms with van der Waals surface area (Å²) in [5.41, 5.74) is 1.81. The third kappa shape index (κ3) is 2.62. The normalized spacial score (nSPS) is 14.0. The van der Waals surface area contributed by atoms with Crippen LogP contribution in [0.2, 0.25) is 5.15 Å². The number of hydrogen-bond acceptors (Lipinski definition) is 6. The van der Waals surface area contributed by atoms with E-state index >= 15 is 0 Å². The van der Waals surface area contributed by atoms with Gasteiger partial charge in [0.1, 0.15) is 27.9 Å². The van der Waals surface area contributed by atoms with E-state index in [0.717, 1.165) is 17.7 Å². The summed E-state index contributed by atoms with van der Waals surface area (Å²) in [5, 5.41) is 0.359. The maximum absolute atomic E-state index is 11.9. The molecule has 8 heteroatoms. The molecule has 0 saturated carbocycles. The van der Waals surface area contributed by atoms with Gasteiger partial charge in [0.25, 0.3) is 0 Å². The molecule has 22 heavy (non-hydrogen) atoms. The minimum Gasteiger partial charge on any atom is -0.495 e. The zero-order valence-corrected chi connectivity index (χ0v) is 13.6. The fourth-order valence-corrected chi connectivity index (χ4v) is 3.56. The molecule has 0 amide bonds. The number of fused-ring (bicyclic) bond motifs is 1. The Kier molecular flexibility index (Phi) is 3.70. The van der Waals surface area contributed by atoms with Gasteiger partial charge < -0.3 is 9.64 Å². The Morgan fingerprint density at radius 1 is 1.27 bits per heavy atom. The SMILES string of the molecule is COc1cc2c(cc1S(C)(=O)=O)CCN2c1cc(Cl)ncn1. The number of rotatable bonds is 3. The molecule has 2 aromatic rings. The van der Waals surface area contributed by atoms with Gasteiger partial charge in [0.05, 0.1) is 7.11 Å². The lowest BCUT2D eigenvalue weighted by Crippen LogP contribution is -2.15. The van der Waals surface area contributed by atoms with Gasteiger partial charge in [0.15, 0.2) is 9.84 Å². The van der Waals surface area contributed by atoms with Gasteiger partial charge in [0.2, 0.25) is 0 Å². The summed E-state index contributed by atoms with van der Waals surface area (Å²) in [7, 11) is -1.89. The summed E-state index contributed by atoms with van der Waals surface area (Å²) in [6.45, 7) is 0.693. The van der Waals surface area contributed by atoms with Crippen molar-refractivity contribution >= 4 is 32.9 Å². The third-order valence-corrected chi connectivity index (χ3v) is 4.88. The number of anilines is 2. The van der Waals surface area contributed by atoms with Crippen molar-refractivity contribution in [2.24, 2.45) is 0 Å². The standard InChI is InChI=1S/C14H14ClN3O3S/c1-21-11-6-10-9(5-12(11)22(2,19)20)3-4-18(10)14-7-13(15)16-8-17-14/h5-8H,3-4H2,1-2H3. The van der Waals surface area contributed by atoms with Gasteiger partial charge >= 0.3 is 0 Å². The van der Waals surface area contributed by atoms with Gasteiger partial charge in [-0.05, 0) is 18.1 Å². The largest absolute Gasteiger partial charge is 0.495 e. The maximum Gasteiger partial charge on any atom is 0.179 e. The van der Waals surface area contributed by atoms with Crippen molar-refractivity contribution in [2.45, 2.75) is 11.3 Å². The van der Waals surface area contributed by atoms with E-state index in [4.69, 9.17) is 16.3 Å². The highest BCUT2D eigenvalue weighted by atomic mass is 35.5. The molecule has 1 aromatic carbocycles. The molecule has 0 bridgehead atoms.